The number of aromatic nitrogens is 4. The maximum absolute atomic E-state index is 11.8. The van der Waals surface area contributed by atoms with Gasteiger partial charge in [0.1, 0.15) is 12.1 Å². The van der Waals surface area contributed by atoms with Crippen LogP contribution in [0.1, 0.15) is 31.9 Å². The first-order valence-electron chi connectivity index (χ1n) is 6.93. The van der Waals surface area contributed by atoms with E-state index in [2.05, 4.69) is 27.6 Å². The molecule has 2 heterocycles. The summed E-state index contributed by atoms with van der Waals surface area (Å²) in [6.07, 6.45) is 5.14. The zero-order valence-corrected chi connectivity index (χ0v) is 13.0. The Kier molecular flexibility index (Phi) is 5.79. The van der Waals surface area contributed by atoms with Gasteiger partial charge in [-0.2, -0.15) is 0 Å². The van der Waals surface area contributed by atoms with Gasteiger partial charge in [0, 0.05) is 12.6 Å². The molecular formula is C13H19N5O2S. The minimum atomic E-state index is -0.142. The molecule has 0 saturated carbocycles. The molecule has 0 saturated heterocycles. The van der Waals surface area contributed by atoms with Gasteiger partial charge in [0.2, 0.25) is 5.91 Å². The van der Waals surface area contributed by atoms with Gasteiger partial charge in [-0.1, -0.05) is 36.7 Å². The van der Waals surface area contributed by atoms with E-state index in [0.717, 1.165) is 18.1 Å². The first-order chi connectivity index (χ1) is 10.2. The van der Waals surface area contributed by atoms with E-state index in [-0.39, 0.29) is 11.7 Å². The van der Waals surface area contributed by atoms with Crippen molar-refractivity contribution in [1.29, 1.82) is 0 Å². The van der Waals surface area contributed by atoms with E-state index in [1.165, 1.54) is 24.6 Å². The fourth-order valence-electron chi connectivity index (χ4n) is 1.78. The molecule has 0 atom stereocenters. The molecule has 2 rings (SSSR count). The Hall–Kier alpha value is -1.83. The summed E-state index contributed by atoms with van der Waals surface area (Å²) in [4.78, 5) is 11.8. The highest BCUT2D eigenvalue weighted by molar-refractivity contribution is 7.99. The van der Waals surface area contributed by atoms with Crippen LogP contribution >= 0.6 is 11.8 Å². The Bertz CT molecular complexity index is 581. The second-order valence-electron chi connectivity index (χ2n) is 4.67. The normalized spacial score (nSPS) is 10.8. The van der Waals surface area contributed by atoms with Crippen LogP contribution in [0, 0.1) is 6.92 Å². The molecule has 2 aromatic heterocycles. The van der Waals surface area contributed by atoms with Crippen LogP contribution in [0.25, 0.3) is 0 Å². The van der Waals surface area contributed by atoms with Crippen LogP contribution in [0.15, 0.2) is 22.1 Å². The minimum absolute atomic E-state index is 0.142. The number of nitrogens with one attached hydrogen (secondary N) is 1. The lowest BCUT2D eigenvalue weighted by molar-refractivity contribution is -0.113. The van der Waals surface area contributed by atoms with Crippen LogP contribution in [0.5, 0.6) is 0 Å². The van der Waals surface area contributed by atoms with E-state index in [9.17, 15) is 4.79 Å². The summed E-state index contributed by atoms with van der Waals surface area (Å²) in [6.45, 7) is 4.82. The Morgan fingerprint density at radius 2 is 2.33 bits per heavy atom. The lowest BCUT2D eigenvalue weighted by Crippen LogP contribution is -2.14. The summed E-state index contributed by atoms with van der Waals surface area (Å²) in [6, 6.07) is 1.68. The molecule has 21 heavy (non-hydrogen) atoms. The van der Waals surface area contributed by atoms with Crippen molar-refractivity contribution in [3.05, 3.63) is 18.2 Å². The summed E-state index contributed by atoms with van der Waals surface area (Å²) in [7, 11) is 0. The number of thioether (sulfide) groups is 1. The van der Waals surface area contributed by atoms with Gasteiger partial charge < -0.3 is 14.4 Å². The molecule has 0 aliphatic carbocycles. The average Bonchev–Trinajstić information content (AvgIpc) is 3.06. The zero-order chi connectivity index (χ0) is 15.1. The highest BCUT2D eigenvalue weighted by atomic mass is 32.2. The first kappa shape index (κ1) is 15.6. The predicted octanol–water partition coefficient (Wildman–Crippen LogP) is 2.50. The third kappa shape index (κ3) is 4.89. The molecule has 0 aliphatic heterocycles. The summed E-state index contributed by atoms with van der Waals surface area (Å²) in [5, 5.41) is 15.1. The van der Waals surface area contributed by atoms with Crippen LogP contribution in [0.4, 0.5) is 5.82 Å². The molecule has 0 aromatic carbocycles. The van der Waals surface area contributed by atoms with Crippen molar-refractivity contribution in [2.45, 2.75) is 44.8 Å². The van der Waals surface area contributed by atoms with Gasteiger partial charge in [0.25, 0.3) is 0 Å². The Labute approximate surface area is 127 Å². The van der Waals surface area contributed by atoms with Crippen LogP contribution in [0.3, 0.4) is 0 Å². The number of rotatable bonds is 8. The van der Waals surface area contributed by atoms with E-state index in [1.807, 2.05) is 4.57 Å². The monoisotopic (exact) mass is 309 g/mol. The van der Waals surface area contributed by atoms with Gasteiger partial charge in [-0.15, -0.1) is 10.2 Å². The molecular weight excluding hydrogens is 290 g/mol. The summed E-state index contributed by atoms with van der Waals surface area (Å²) >= 11 is 1.36. The smallest absolute Gasteiger partial charge is 0.236 e. The Morgan fingerprint density at radius 1 is 1.48 bits per heavy atom. The van der Waals surface area contributed by atoms with E-state index < -0.39 is 0 Å². The predicted molar refractivity (Wildman–Crippen MR) is 80.1 cm³/mol. The van der Waals surface area contributed by atoms with Crippen LogP contribution in [-0.2, 0) is 11.3 Å². The fourth-order valence-corrected chi connectivity index (χ4v) is 2.52. The second kappa shape index (κ2) is 7.82. The molecule has 7 nitrogen and oxygen atoms in total. The lowest BCUT2D eigenvalue weighted by Gasteiger charge is -2.05. The Balaban J connectivity index is 1.79. The minimum Gasteiger partial charge on any atom is -0.360 e. The van der Waals surface area contributed by atoms with Gasteiger partial charge >= 0.3 is 0 Å². The number of nitrogens with zero attached hydrogens (tertiary/aromatic N) is 4. The van der Waals surface area contributed by atoms with E-state index >= 15 is 0 Å². The van der Waals surface area contributed by atoms with Crippen molar-refractivity contribution in [2.75, 3.05) is 11.1 Å². The SMILES string of the molecule is CCCCCn1cnnc1SCC(=O)Nc1cc(C)on1. The van der Waals surface area contributed by atoms with Crippen molar-refractivity contribution in [1.82, 2.24) is 19.9 Å². The number of hydrogen-bond acceptors (Lipinski definition) is 6. The van der Waals surface area contributed by atoms with E-state index in [4.69, 9.17) is 4.52 Å². The number of amides is 1. The van der Waals surface area contributed by atoms with Gasteiger partial charge in [0.05, 0.1) is 5.75 Å². The van der Waals surface area contributed by atoms with Gasteiger partial charge in [0.15, 0.2) is 11.0 Å². The average molecular weight is 309 g/mol. The van der Waals surface area contributed by atoms with E-state index in [1.54, 1.807) is 19.3 Å². The van der Waals surface area contributed by atoms with E-state index in [0.29, 0.717) is 11.6 Å². The summed E-state index contributed by atoms with van der Waals surface area (Å²) < 4.78 is 6.87. The van der Waals surface area contributed by atoms with Gasteiger partial charge in [-0.25, -0.2) is 0 Å². The van der Waals surface area contributed by atoms with Crippen molar-refractivity contribution >= 4 is 23.5 Å². The number of hydrogen-bond donors (Lipinski definition) is 1. The van der Waals surface area contributed by atoms with Crippen LogP contribution < -0.4 is 5.32 Å². The molecule has 114 valence electrons. The second-order valence-corrected chi connectivity index (χ2v) is 5.62. The van der Waals surface area contributed by atoms with Crippen molar-refractivity contribution in [3.63, 3.8) is 0 Å². The third-order valence-electron chi connectivity index (χ3n) is 2.81. The molecule has 0 unspecified atom stereocenters. The van der Waals surface area contributed by atoms with Crippen LogP contribution in [-0.4, -0.2) is 31.6 Å². The summed E-state index contributed by atoms with van der Waals surface area (Å²) in [5.41, 5.74) is 0. The number of anilines is 1. The molecule has 8 heteroatoms. The molecule has 0 radical (unpaired) electrons. The number of carbonyl (C=O) groups is 1. The van der Waals surface area contributed by atoms with Crippen molar-refractivity contribution < 1.29 is 9.32 Å². The zero-order valence-electron chi connectivity index (χ0n) is 12.2. The topological polar surface area (TPSA) is 85.8 Å². The standard InChI is InChI=1S/C13H19N5O2S/c1-3-4-5-6-18-9-14-16-13(18)21-8-12(19)15-11-7-10(2)20-17-11/h7,9H,3-6,8H2,1-2H3,(H,15,17,19). The molecule has 1 amide bonds. The number of unbranched alkanes of at least 4 members (excludes halogenated alkanes) is 2. The summed E-state index contributed by atoms with van der Waals surface area (Å²) in [5.74, 6) is 1.21. The van der Waals surface area contributed by atoms with Gasteiger partial charge in [-0.3, -0.25) is 4.79 Å². The molecule has 0 fully saturated rings. The van der Waals surface area contributed by atoms with Crippen molar-refractivity contribution in [2.24, 2.45) is 0 Å². The fraction of sp³-hybridized carbons (Fsp3) is 0.538. The quantitative estimate of drug-likeness (QED) is 0.595. The molecule has 0 aliphatic rings. The highest BCUT2D eigenvalue weighted by Crippen LogP contribution is 2.16. The maximum Gasteiger partial charge on any atom is 0.236 e. The molecule has 0 bridgehead atoms. The number of aryl methyl sites for hydroxylation is 2. The largest absolute Gasteiger partial charge is 0.360 e. The number of carbonyl (C=O) groups excluding carboxylic acids is 1. The molecule has 0 spiro atoms. The highest BCUT2D eigenvalue weighted by Gasteiger charge is 2.10. The van der Waals surface area contributed by atoms with Crippen molar-refractivity contribution in [3.8, 4) is 0 Å². The maximum atomic E-state index is 11.8. The molecule has 2 aromatic rings. The third-order valence-corrected chi connectivity index (χ3v) is 3.79. The lowest BCUT2D eigenvalue weighted by atomic mass is 10.2. The van der Waals surface area contributed by atoms with Gasteiger partial charge in [-0.05, 0) is 13.3 Å². The first-order valence-corrected chi connectivity index (χ1v) is 7.91. The molecule has 1 N–H and O–H groups in total. The Morgan fingerprint density at radius 3 is 3.05 bits per heavy atom. The van der Waals surface area contributed by atoms with Crippen LogP contribution in [0.2, 0.25) is 0 Å².